The van der Waals surface area contributed by atoms with E-state index in [2.05, 4.69) is 54.1 Å². The van der Waals surface area contributed by atoms with Gasteiger partial charge in [0, 0.05) is 34.4 Å². The molecule has 0 aliphatic heterocycles. The lowest BCUT2D eigenvalue weighted by molar-refractivity contribution is 0.548. The molecule has 124 valence electrons. The average molecular weight is 328 g/mol. The van der Waals surface area contributed by atoms with Crippen molar-refractivity contribution in [1.82, 2.24) is 4.57 Å². The molecule has 0 saturated heterocycles. The van der Waals surface area contributed by atoms with Gasteiger partial charge in [-0.25, -0.2) is 0 Å². The number of benzene rings is 2. The number of hydrogen-bond acceptors (Lipinski definition) is 2. The average Bonchev–Trinajstić information content (AvgIpc) is 3.21. The molecule has 0 bridgehead atoms. The fraction of sp³-hybridized carbons (Fsp3) is 0.0909. The Morgan fingerprint density at radius 3 is 2.36 bits per heavy atom. The number of aryl methyl sites for hydroxylation is 2. The molecule has 2 aromatic carbocycles. The molecule has 0 unspecified atom stereocenters. The van der Waals surface area contributed by atoms with Gasteiger partial charge in [0.2, 0.25) is 0 Å². The number of aromatic nitrogens is 1. The summed E-state index contributed by atoms with van der Waals surface area (Å²) in [6.45, 7) is 4.07. The van der Waals surface area contributed by atoms with E-state index in [-0.39, 0.29) is 0 Å². The third kappa shape index (κ3) is 2.96. The minimum absolute atomic E-state index is 0.776. The topological polar surface area (TPSA) is 44.1 Å². The van der Waals surface area contributed by atoms with Crippen molar-refractivity contribution in [2.75, 3.05) is 5.73 Å². The summed E-state index contributed by atoms with van der Waals surface area (Å²) in [5, 5.41) is 0. The Morgan fingerprint density at radius 2 is 1.60 bits per heavy atom. The number of nitrogens with zero attached hydrogens (tertiary/aromatic N) is 1. The van der Waals surface area contributed by atoms with Crippen molar-refractivity contribution < 1.29 is 4.42 Å². The SMILES string of the molecule is Cc1ccc(-c2cccc(-n3cc(-c4cccc(N)c4)cc3C)c2)o1. The third-order valence-electron chi connectivity index (χ3n) is 4.38. The molecule has 0 saturated carbocycles. The zero-order valence-electron chi connectivity index (χ0n) is 14.4. The van der Waals surface area contributed by atoms with E-state index in [1.165, 1.54) is 5.69 Å². The summed E-state index contributed by atoms with van der Waals surface area (Å²) in [5.41, 5.74) is 12.3. The molecule has 0 radical (unpaired) electrons. The molecule has 2 aromatic heterocycles. The second-order valence-corrected chi connectivity index (χ2v) is 6.33. The van der Waals surface area contributed by atoms with E-state index >= 15 is 0 Å². The van der Waals surface area contributed by atoms with Gasteiger partial charge in [-0.2, -0.15) is 0 Å². The highest BCUT2D eigenvalue weighted by Gasteiger charge is 2.09. The van der Waals surface area contributed by atoms with Crippen molar-refractivity contribution in [3.05, 3.63) is 84.4 Å². The first-order chi connectivity index (χ1) is 12.1. The Balaban J connectivity index is 1.75. The molecular weight excluding hydrogens is 308 g/mol. The number of furan rings is 1. The number of nitrogens with two attached hydrogens (primary N) is 1. The summed E-state index contributed by atoms with van der Waals surface area (Å²) in [7, 11) is 0. The molecule has 3 heteroatoms. The van der Waals surface area contributed by atoms with Crippen LogP contribution in [0.5, 0.6) is 0 Å². The van der Waals surface area contributed by atoms with Gasteiger partial charge >= 0.3 is 0 Å². The first kappa shape index (κ1) is 15.3. The lowest BCUT2D eigenvalue weighted by Crippen LogP contribution is -1.94. The summed E-state index contributed by atoms with van der Waals surface area (Å²) < 4.78 is 7.95. The van der Waals surface area contributed by atoms with Crippen molar-refractivity contribution in [3.63, 3.8) is 0 Å². The third-order valence-corrected chi connectivity index (χ3v) is 4.38. The van der Waals surface area contributed by atoms with Gasteiger partial charge in [-0.3, -0.25) is 0 Å². The number of nitrogen functional groups attached to an aromatic ring is 1. The molecular formula is C22H20N2O. The molecule has 4 aromatic rings. The normalized spacial score (nSPS) is 11.0. The van der Waals surface area contributed by atoms with Gasteiger partial charge in [0.15, 0.2) is 0 Å². The van der Waals surface area contributed by atoms with Crippen molar-refractivity contribution in [2.45, 2.75) is 13.8 Å². The Labute approximate surface area is 147 Å². The molecule has 0 aliphatic carbocycles. The van der Waals surface area contributed by atoms with E-state index in [1.807, 2.05) is 37.3 Å². The van der Waals surface area contributed by atoms with Crippen LogP contribution in [0, 0.1) is 13.8 Å². The van der Waals surface area contributed by atoms with E-state index in [1.54, 1.807) is 0 Å². The lowest BCUT2D eigenvalue weighted by atomic mass is 10.1. The molecule has 2 N–H and O–H groups in total. The number of hydrogen-bond donors (Lipinski definition) is 1. The second kappa shape index (κ2) is 6.02. The highest BCUT2D eigenvalue weighted by atomic mass is 16.3. The van der Waals surface area contributed by atoms with Crippen molar-refractivity contribution in [1.29, 1.82) is 0 Å². The first-order valence-electron chi connectivity index (χ1n) is 8.32. The first-order valence-corrected chi connectivity index (χ1v) is 8.32. The Hall–Kier alpha value is -3.20. The Bertz CT molecular complexity index is 1040. The molecule has 0 atom stereocenters. The highest BCUT2D eigenvalue weighted by molar-refractivity contribution is 5.69. The van der Waals surface area contributed by atoms with Gasteiger partial charge in [0.05, 0.1) is 0 Å². The van der Waals surface area contributed by atoms with Crippen LogP contribution in [-0.4, -0.2) is 4.57 Å². The predicted octanol–water partition coefficient (Wildman–Crippen LogP) is 5.60. The van der Waals surface area contributed by atoms with Crippen LogP contribution in [0.2, 0.25) is 0 Å². The molecule has 3 nitrogen and oxygen atoms in total. The molecule has 0 spiro atoms. The molecule has 0 amide bonds. The zero-order valence-corrected chi connectivity index (χ0v) is 14.4. The molecule has 4 rings (SSSR count). The largest absolute Gasteiger partial charge is 0.461 e. The molecule has 0 aliphatic rings. The van der Waals surface area contributed by atoms with E-state index < -0.39 is 0 Å². The van der Waals surface area contributed by atoms with Crippen molar-refractivity contribution in [3.8, 4) is 28.1 Å². The number of anilines is 1. The fourth-order valence-electron chi connectivity index (χ4n) is 3.13. The molecule has 25 heavy (non-hydrogen) atoms. The smallest absolute Gasteiger partial charge is 0.134 e. The quantitative estimate of drug-likeness (QED) is 0.497. The van der Waals surface area contributed by atoms with Crippen LogP contribution in [0.1, 0.15) is 11.5 Å². The lowest BCUT2D eigenvalue weighted by Gasteiger charge is -2.07. The van der Waals surface area contributed by atoms with Crippen LogP contribution in [0.3, 0.4) is 0 Å². The van der Waals surface area contributed by atoms with Crippen LogP contribution < -0.4 is 5.73 Å². The van der Waals surface area contributed by atoms with Crippen LogP contribution in [0.15, 0.2) is 77.3 Å². The van der Waals surface area contributed by atoms with Crippen LogP contribution >= 0.6 is 0 Å². The van der Waals surface area contributed by atoms with Gasteiger partial charge in [0.25, 0.3) is 0 Å². The van der Waals surface area contributed by atoms with Gasteiger partial charge < -0.3 is 14.7 Å². The van der Waals surface area contributed by atoms with E-state index in [0.717, 1.165) is 39.6 Å². The van der Waals surface area contributed by atoms with Crippen LogP contribution in [0.4, 0.5) is 5.69 Å². The summed E-state index contributed by atoms with van der Waals surface area (Å²) in [6.07, 6.45) is 2.15. The van der Waals surface area contributed by atoms with Gasteiger partial charge in [-0.15, -0.1) is 0 Å². The summed E-state index contributed by atoms with van der Waals surface area (Å²) in [6, 6.07) is 22.5. The van der Waals surface area contributed by atoms with Gasteiger partial charge in [-0.1, -0.05) is 24.3 Å². The summed E-state index contributed by atoms with van der Waals surface area (Å²) in [5.74, 6) is 1.81. The van der Waals surface area contributed by atoms with Gasteiger partial charge in [0.1, 0.15) is 11.5 Å². The van der Waals surface area contributed by atoms with Crippen molar-refractivity contribution >= 4 is 5.69 Å². The Morgan fingerprint density at radius 1 is 0.800 bits per heavy atom. The second-order valence-electron chi connectivity index (χ2n) is 6.33. The van der Waals surface area contributed by atoms with Crippen molar-refractivity contribution in [2.24, 2.45) is 0 Å². The minimum atomic E-state index is 0.776. The Kier molecular flexibility index (Phi) is 3.69. The highest BCUT2D eigenvalue weighted by Crippen LogP contribution is 2.28. The van der Waals surface area contributed by atoms with E-state index in [9.17, 15) is 0 Å². The molecule has 2 heterocycles. The standard InChI is InChI=1S/C22H20N2O/c1-15-11-19(17-5-3-7-20(23)12-17)14-24(15)21-8-4-6-18(13-21)22-10-9-16(2)25-22/h3-14H,23H2,1-2H3. The summed E-state index contributed by atoms with van der Waals surface area (Å²) in [4.78, 5) is 0. The predicted molar refractivity (Wildman–Crippen MR) is 103 cm³/mol. The van der Waals surface area contributed by atoms with Crippen LogP contribution in [-0.2, 0) is 0 Å². The van der Waals surface area contributed by atoms with E-state index in [0.29, 0.717) is 0 Å². The summed E-state index contributed by atoms with van der Waals surface area (Å²) >= 11 is 0. The zero-order chi connectivity index (χ0) is 17.4. The maximum Gasteiger partial charge on any atom is 0.134 e. The minimum Gasteiger partial charge on any atom is -0.461 e. The number of rotatable bonds is 3. The molecule has 0 fully saturated rings. The monoisotopic (exact) mass is 328 g/mol. The van der Waals surface area contributed by atoms with Gasteiger partial charge in [-0.05, 0) is 61.9 Å². The van der Waals surface area contributed by atoms with E-state index in [4.69, 9.17) is 10.2 Å². The van der Waals surface area contributed by atoms with Crippen LogP contribution in [0.25, 0.3) is 28.1 Å². The maximum atomic E-state index is 5.92. The maximum absolute atomic E-state index is 5.92. The fourth-order valence-corrected chi connectivity index (χ4v) is 3.13.